The number of amides is 2. The highest BCUT2D eigenvalue weighted by atomic mass is 16.2. The maximum absolute atomic E-state index is 12.8. The molecule has 25 heavy (non-hydrogen) atoms. The lowest BCUT2D eigenvalue weighted by Crippen LogP contribution is -2.46. The molecule has 1 saturated heterocycles. The number of likely N-dealkylation sites (tertiary alicyclic amines) is 1. The van der Waals surface area contributed by atoms with E-state index in [2.05, 4.69) is 25.5 Å². The fraction of sp³-hybridized carbons (Fsp3) is 0.588. The minimum atomic E-state index is -0.0124. The minimum absolute atomic E-state index is 0.0124. The lowest BCUT2D eigenvalue weighted by Gasteiger charge is -2.36. The molecule has 1 aliphatic heterocycles. The van der Waals surface area contributed by atoms with Crippen LogP contribution in [-0.2, 0) is 7.05 Å². The Kier molecular flexibility index (Phi) is 5.37. The summed E-state index contributed by atoms with van der Waals surface area (Å²) < 4.78 is 1.78. The molecule has 0 spiro atoms. The van der Waals surface area contributed by atoms with Crippen molar-refractivity contribution in [2.45, 2.75) is 31.3 Å². The van der Waals surface area contributed by atoms with Gasteiger partial charge in [-0.1, -0.05) is 0 Å². The number of carbonyl (C=O) groups is 1. The number of rotatable bonds is 5. The largest absolute Gasteiger partial charge is 0.336 e. The number of hydrogen-bond acceptors (Lipinski definition) is 4. The summed E-state index contributed by atoms with van der Waals surface area (Å²) in [5.74, 6) is 0. The van der Waals surface area contributed by atoms with Crippen LogP contribution >= 0.6 is 0 Å². The van der Waals surface area contributed by atoms with Crippen LogP contribution in [0, 0.1) is 0 Å². The quantitative estimate of drug-likeness (QED) is 0.864. The number of aryl methyl sites for hydroxylation is 1. The van der Waals surface area contributed by atoms with Gasteiger partial charge < -0.3 is 15.1 Å². The van der Waals surface area contributed by atoms with E-state index in [1.165, 1.54) is 0 Å². The number of H-pyrrole nitrogens is 1. The first kappa shape index (κ1) is 17.5. The highest BCUT2D eigenvalue weighted by Crippen LogP contribution is 2.30. The zero-order chi connectivity index (χ0) is 17.8. The standard InChI is InChI=1S/C17H27N7O/c1-22(2)16(14-10-21-23(3)12-14)11-18-17(25)24-7-5-4-6-15(24)13-8-19-20-9-13/h8-10,12,15-16H,4-7,11H2,1-3H3,(H,18,25)(H,19,20)/t15-,16-/m1/s1. The Hall–Kier alpha value is -2.35. The molecule has 8 nitrogen and oxygen atoms in total. The van der Waals surface area contributed by atoms with Crippen LogP contribution in [-0.4, -0.2) is 63.0 Å². The van der Waals surface area contributed by atoms with Gasteiger partial charge in [-0.15, -0.1) is 0 Å². The van der Waals surface area contributed by atoms with Crippen LogP contribution in [0.4, 0.5) is 4.79 Å². The molecule has 2 N–H and O–H groups in total. The van der Waals surface area contributed by atoms with Gasteiger partial charge in [-0.2, -0.15) is 10.2 Å². The maximum Gasteiger partial charge on any atom is 0.317 e. The number of likely N-dealkylation sites (N-methyl/N-ethyl adjacent to an activating group) is 1. The van der Waals surface area contributed by atoms with Crippen molar-refractivity contribution < 1.29 is 4.79 Å². The Balaban J connectivity index is 1.65. The Labute approximate surface area is 148 Å². The number of hydrogen-bond donors (Lipinski definition) is 2. The number of nitrogens with zero attached hydrogens (tertiary/aromatic N) is 5. The average molecular weight is 345 g/mol. The first-order chi connectivity index (χ1) is 12.1. The van der Waals surface area contributed by atoms with Gasteiger partial charge >= 0.3 is 6.03 Å². The molecule has 2 amide bonds. The van der Waals surface area contributed by atoms with E-state index >= 15 is 0 Å². The lowest BCUT2D eigenvalue weighted by atomic mass is 9.98. The fourth-order valence-corrected chi connectivity index (χ4v) is 3.46. The van der Waals surface area contributed by atoms with Crippen LogP contribution in [0.15, 0.2) is 24.8 Å². The van der Waals surface area contributed by atoms with Crippen LogP contribution in [0.3, 0.4) is 0 Å². The molecule has 136 valence electrons. The number of carbonyl (C=O) groups excluding carboxylic acids is 1. The predicted octanol–water partition coefficient (Wildman–Crippen LogP) is 1.68. The molecule has 0 radical (unpaired) electrons. The number of nitrogens with one attached hydrogen (secondary N) is 2. The highest BCUT2D eigenvalue weighted by molar-refractivity contribution is 5.75. The van der Waals surface area contributed by atoms with E-state index < -0.39 is 0 Å². The molecule has 8 heteroatoms. The second-order valence-corrected chi connectivity index (χ2v) is 6.85. The summed E-state index contributed by atoms with van der Waals surface area (Å²) in [6.07, 6.45) is 10.7. The van der Waals surface area contributed by atoms with Crippen molar-refractivity contribution in [1.29, 1.82) is 0 Å². The number of urea groups is 1. The van der Waals surface area contributed by atoms with Gasteiger partial charge in [-0.25, -0.2) is 4.79 Å². The summed E-state index contributed by atoms with van der Waals surface area (Å²) in [5, 5.41) is 14.2. The van der Waals surface area contributed by atoms with E-state index in [0.717, 1.165) is 36.9 Å². The Morgan fingerprint density at radius 3 is 2.92 bits per heavy atom. The number of aromatic nitrogens is 4. The van der Waals surface area contributed by atoms with Gasteiger partial charge in [0.2, 0.25) is 0 Å². The molecule has 0 aromatic carbocycles. The van der Waals surface area contributed by atoms with Crippen LogP contribution in [0.2, 0.25) is 0 Å². The first-order valence-corrected chi connectivity index (χ1v) is 8.74. The molecule has 0 saturated carbocycles. The highest BCUT2D eigenvalue weighted by Gasteiger charge is 2.29. The lowest BCUT2D eigenvalue weighted by molar-refractivity contribution is 0.148. The van der Waals surface area contributed by atoms with E-state index in [9.17, 15) is 4.79 Å². The smallest absolute Gasteiger partial charge is 0.317 e. The topological polar surface area (TPSA) is 82.1 Å². The summed E-state index contributed by atoms with van der Waals surface area (Å²) >= 11 is 0. The maximum atomic E-state index is 12.8. The van der Waals surface area contributed by atoms with Crippen LogP contribution in [0.25, 0.3) is 0 Å². The minimum Gasteiger partial charge on any atom is -0.336 e. The Bertz CT molecular complexity index is 679. The van der Waals surface area contributed by atoms with Crippen molar-refractivity contribution in [2.75, 3.05) is 27.2 Å². The third kappa shape index (κ3) is 4.01. The summed E-state index contributed by atoms with van der Waals surface area (Å²) in [5.41, 5.74) is 2.17. The van der Waals surface area contributed by atoms with Crippen LogP contribution in [0.1, 0.15) is 42.5 Å². The van der Waals surface area contributed by atoms with E-state index in [4.69, 9.17) is 0 Å². The SMILES string of the molecule is CN(C)[C@H](CNC(=O)N1CCCC[C@@H]1c1cn[nH]c1)c1cnn(C)c1. The fourth-order valence-electron chi connectivity index (χ4n) is 3.46. The molecule has 2 aromatic rings. The zero-order valence-corrected chi connectivity index (χ0v) is 15.1. The summed E-state index contributed by atoms with van der Waals surface area (Å²) in [4.78, 5) is 16.8. The third-order valence-electron chi connectivity index (χ3n) is 4.85. The van der Waals surface area contributed by atoms with Crippen molar-refractivity contribution >= 4 is 6.03 Å². The van der Waals surface area contributed by atoms with E-state index in [-0.39, 0.29) is 18.1 Å². The van der Waals surface area contributed by atoms with Gasteiger partial charge in [-0.3, -0.25) is 9.78 Å². The number of aromatic amines is 1. The van der Waals surface area contributed by atoms with Gasteiger partial charge in [-0.05, 0) is 33.4 Å². The van der Waals surface area contributed by atoms with E-state index in [0.29, 0.717) is 6.54 Å². The Morgan fingerprint density at radius 2 is 2.28 bits per heavy atom. The predicted molar refractivity (Wildman–Crippen MR) is 94.9 cm³/mol. The van der Waals surface area contributed by atoms with Gasteiger partial charge in [0.25, 0.3) is 0 Å². The monoisotopic (exact) mass is 345 g/mol. The normalized spacial score (nSPS) is 19.2. The molecule has 1 fully saturated rings. The molecule has 2 aromatic heterocycles. The van der Waals surface area contributed by atoms with Crippen molar-refractivity contribution in [3.8, 4) is 0 Å². The molecule has 2 atom stereocenters. The molecular formula is C17H27N7O. The molecule has 3 heterocycles. The van der Waals surface area contributed by atoms with E-state index in [1.807, 2.05) is 50.8 Å². The molecule has 0 aliphatic carbocycles. The van der Waals surface area contributed by atoms with Crippen molar-refractivity contribution in [3.05, 3.63) is 35.9 Å². The first-order valence-electron chi connectivity index (χ1n) is 8.74. The van der Waals surface area contributed by atoms with Gasteiger partial charge in [0, 0.05) is 43.7 Å². The molecule has 0 bridgehead atoms. The summed E-state index contributed by atoms with van der Waals surface area (Å²) in [7, 11) is 5.93. The van der Waals surface area contributed by atoms with Gasteiger partial charge in [0.15, 0.2) is 0 Å². The van der Waals surface area contributed by atoms with Crippen molar-refractivity contribution in [3.63, 3.8) is 0 Å². The second-order valence-electron chi connectivity index (χ2n) is 6.85. The molecule has 1 aliphatic rings. The molecule has 0 unspecified atom stereocenters. The van der Waals surface area contributed by atoms with Gasteiger partial charge in [0.05, 0.1) is 24.5 Å². The van der Waals surface area contributed by atoms with Crippen LogP contribution < -0.4 is 5.32 Å². The molecule has 3 rings (SSSR count). The van der Waals surface area contributed by atoms with Gasteiger partial charge in [0.1, 0.15) is 0 Å². The third-order valence-corrected chi connectivity index (χ3v) is 4.85. The van der Waals surface area contributed by atoms with Crippen molar-refractivity contribution in [2.24, 2.45) is 7.05 Å². The second kappa shape index (κ2) is 7.69. The van der Waals surface area contributed by atoms with E-state index in [1.54, 1.807) is 4.68 Å². The number of piperidine rings is 1. The average Bonchev–Trinajstić information content (AvgIpc) is 3.26. The summed E-state index contributed by atoms with van der Waals surface area (Å²) in [6.45, 7) is 1.33. The zero-order valence-electron chi connectivity index (χ0n) is 15.1. The molecular weight excluding hydrogens is 318 g/mol. The Morgan fingerprint density at radius 1 is 1.44 bits per heavy atom. The van der Waals surface area contributed by atoms with Crippen molar-refractivity contribution in [1.82, 2.24) is 35.1 Å². The summed E-state index contributed by atoms with van der Waals surface area (Å²) in [6, 6.07) is 0.181. The van der Waals surface area contributed by atoms with Crippen LogP contribution in [0.5, 0.6) is 0 Å².